The van der Waals surface area contributed by atoms with Gasteiger partial charge in [0.1, 0.15) is 0 Å². The molecular formula is C14H21N5O2. The Bertz CT molecular complexity index is 555. The molecule has 0 spiro atoms. The number of aromatic nitrogens is 2. The largest absolute Gasteiger partial charge is 0.344 e. The summed E-state index contributed by atoms with van der Waals surface area (Å²) in [5, 5.41) is 7.07. The minimum atomic E-state index is -0.118. The van der Waals surface area contributed by atoms with E-state index >= 15 is 0 Å². The van der Waals surface area contributed by atoms with Crippen molar-refractivity contribution in [2.75, 3.05) is 32.0 Å². The van der Waals surface area contributed by atoms with Gasteiger partial charge in [-0.1, -0.05) is 0 Å². The molecule has 2 aliphatic heterocycles. The number of likely N-dealkylation sites (N-methyl/N-ethyl adjacent to an activating group) is 1. The molecule has 0 aromatic carbocycles. The van der Waals surface area contributed by atoms with Gasteiger partial charge in [0.2, 0.25) is 11.8 Å². The van der Waals surface area contributed by atoms with Crippen LogP contribution in [0.25, 0.3) is 0 Å². The Morgan fingerprint density at radius 1 is 1.38 bits per heavy atom. The SMILES string of the molecule is CC(=O)Nc1ccn([C@H]2CCN([C@@H]3CCN(C)C3=O)C2)n1. The Morgan fingerprint density at radius 2 is 2.19 bits per heavy atom. The van der Waals surface area contributed by atoms with E-state index in [1.165, 1.54) is 6.92 Å². The van der Waals surface area contributed by atoms with Gasteiger partial charge in [-0.05, 0) is 12.8 Å². The van der Waals surface area contributed by atoms with Crippen LogP contribution < -0.4 is 5.32 Å². The van der Waals surface area contributed by atoms with E-state index in [1.807, 2.05) is 17.9 Å². The van der Waals surface area contributed by atoms with Crippen molar-refractivity contribution < 1.29 is 9.59 Å². The zero-order chi connectivity index (χ0) is 15.0. The van der Waals surface area contributed by atoms with Crippen molar-refractivity contribution >= 4 is 17.6 Å². The molecule has 0 bridgehead atoms. The van der Waals surface area contributed by atoms with Crippen molar-refractivity contribution in [3.8, 4) is 0 Å². The van der Waals surface area contributed by atoms with Gasteiger partial charge in [0.15, 0.2) is 5.82 Å². The molecule has 3 rings (SSSR count). The summed E-state index contributed by atoms with van der Waals surface area (Å²) in [5.41, 5.74) is 0. The second-order valence-corrected chi connectivity index (χ2v) is 5.86. The van der Waals surface area contributed by atoms with E-state index in [9.17, 15) is 9.59 Å². The van der Waals surface area contributed by atoms with Crippen LogP contribution in [0.1, 0.15) is 25.8 Å². The number of nitrogens with zero attached hydrogens (tertiary/aromatic N) is 4. The van der Waals surface area contributed by atoms with Gasteiger partial charge in [0.25, 0.3) is 0 Å². The van der Waals surface area contributed by atoms with Crippen LogP contribution in [0.5, 0.6) is 0 Å². The Hall–Kier alpha value is -1.89. The molecule has 1 N–H and O–H groups in total. The zero-order valence-electron chi connectivity index (χ0n) is 12.5. The summed E-state index contributed by atoms with van der Waals surface area (Å²) in [6.07, 6.45) is 3.79. The quantitative estimate of drug-likeness (QED) is 0.870. The molecule has 2 fully saturated rings. The van der Waals surface area contributed by atoms with E-state index in [4.69, 9.17) is 0 Å². The molecule has 1 aromatic rings. The van der Waals surface area contributed by atoms with Gasteiger partial charge in [0.05, 0.1) is 12.1 Å². The van der Waals surface area contributed by atoms with E-state index in [1.54, 1.807) is 11.0 Å². The Labute approximate surface area is 123 Å². The normalized spacial score (nSPS) is 26.6. The van der Waals surface area contributed by atoms with Gasteiger partial charge in [-0.25, -0.2) is 0 Å². The number of carbonyl (C=O) groups excluding carboxylic acids is 2. The van der Waals surface area contributed by atoms with Crippen molar-refractivity contribution in [2.45, 2.75) is 31.8 Å². The molecule has 0 saturated carbocycles. The highest BCUT2D eigenvalue weighted by atomic mass is 16.2. The Morgan fingerprint density at radius 3 is 2.86 bits per heavy atom. The second kappa shape index (κ2) is 5.48. The molecule has 2 aliphatic rings. The lowest BCUT2D eigenvalue weighted by Gasteiger charge is -2.22. The van der Waals surface area contributed by atoms with E-state index in [0.29, 0.717) is 5.82 Å². The predicted molar refractivity (Wildman–Crippen MR) is 77.8 cm³/mol. The van der Waals surface area contributed by atoms with Gasteiger partial charge in [-0.3, -0.25) is 19.2 Å². The average Bonchev–Trinajstić information content (AvgIpc) is 3.11. The summed E-state index contributed by atoms with van der Waals surface area (Å²) in [6.45, 7) is 4.08. The fraction of sp³-hybridized carbons (Fsp3) is 0.643. The third kappa shape index (κ3) is 2.78. The third-order valence-corrected chi connectivity index (χ3v) is 4.32. The molecule has 7 nitrogen and oxygen atoms in total. The standard InChI is InChI=1S/C14H21N5O2/c1-10(20)15-13-5-8-19(16-13)11-3-7-18(9-11)12-4-6-17(2)14(12)21/h5,8,11-12H,3-4,6-7,9H2,1-2H3,(H,15,16,20)/t11-,12+/m0/s1. The van der Waals surface area contributed by atoms with E-state index in [2.05, 4.69) is 15.3 Å². The first kappa shape index (κ1) is 14.1. The Balaban J connectivity index is 1.63. The number of hydrogen-bond donors (Lipinski definition) is 1. The van der Waals surface area contributed by atoms with Gasteiger partial charge < -0.3 is 10.2 Å². The summed E-state index contributed by atoms with van der Waals surface area (Å²) < 4.78 is 1.90. The lowest BCUT2D eigenvalue weighted by molar-refractivity contribution is -0.130. The zero-order valence-corrected chi connectivity index (χ0v) is 12.5. The average molecular weight is 291 g/mol. The maximum absolute atomic E-state index is 12.1. The van der Waals surface area contributed by atoms with Crippen LogP contribution in [-0.2, 0) is 9.59 Å². The molecule has 1 aromatic heterocycles. The highest BCUT2D eigenvalue weighted by molar-refractivity contribution is 5.87. The smallest absolute Gasteiger partial charge is 0.239 e. The van der Waals surface area contributed by atoms with Crippen LogP contribution in [0.2, 0.25) is 0 Å². The van der Waals surface area contributed by atoms with E-state index < -0.39 is 0 Å². The number of anilines is 1. The first-order valence-electron chi connectivity index (χ1n) is 7.36. The van der Waals surface area contributed by atoms with Gasteiger partial charge in [-0.15, -0.1) is 0 Å². The van der Waals surface area contributed by atoms with Gasteiger partial charge in [-0.2, -0.15) is 5.10 Å². The molecule has 21 heavy (non-hydrogen) atoms. The topological polar surface area (TPSA) is 70.5 Å². The molecule has 0 aliphatic carbocycles. The molecule has 2 saturated heterocycles. The van der Waals surface area contributed by atoms with Crippen molar-refractivity contribution in [3.05, 3.63) is 12.3 Å². The maximum Gasteiger partial charge on any atom is 0.239 e. The maximum atomic E-state index is 12.1. The Kier molecular flexibility index (Phi) is 3.67. The molecule has 2 atom stereocenters. The fourth-order valence-corrected chi connectivity index (χ4v) is 3.20. The first-order valence-corrected chi connectivity index (χ1v) is 7.36. The second-order valence-electron chi connectivity index (χ2n) is 5.86. The van der Waals surface area contributed by atoms with Gasteiger partial charge >= 0.3 is 0 Å². The molecule has 2 amide bonds. The van der Waals surface area contributed by atoms with E-state index in [0.717, 1.165) is 32.5 Å². The van der Waals surface area contributed by atoms with Gasteiger partial charge in [0, 0.05) is 45.9 Å². The predicted octanol–water partition coefficient (Wildman–Crippen LogP) is 0.319. The van der Waals surface area contributed by atoms with Crippen molar-refractivity contribution in [1.82, 2.24) is 19.6 Å². The van der Waals surface area contributed by atoms with Crippen LogP contribution in [0.4, 0.5) is 5.82 Å². The third-order valence-electron chi connectivity index (χ3n) is 4.32. The lowest BCUT2D eigenvalue weighted by Crippen LogP contribution is -2.39. The summed E-state index contributed by atoms with van der Waals surface area (Å²) in [5.74, 6) is 0.695. The van der Waals surface area contributed by atoms with Crippen molar-refractivity contribution in [2.24, 2.45) is 0 Å². The van der Waals surface area contributed by atoms with Crippen LogP contribution in [0.15, 0.2) is 12.3 Å². The summed E-state index contributed by atoms with van der Waals surface area (Å²) >= 11 is 0. The first-order chi connectivity index (χ1) is 10.0. The highest BCUT2D eigenvalue weighted by Crippen LogP contribution is 2.27. The highest BCUT2D eigenvalue weighted by Gasteiger charge is 2.38. The van der Waals surface area contributed by atoms with Crippen molar-refractivity contribution in [3.63, 3.8) is 0 Å². The molecule has 7 heteroatoms. The minimum Gasteiger partial charge on any atom is -0.344 e. The molecular weight excluding hydrogens is 270 g/mol. The number of carbonyl (C=O) groups is 2. The summed E-state index contributed by atoms with van der Waals surface area (Å²) in [6, 6.07) is 2.11. The van der Waals surface area contributed by atoms with Crippen LogP contribution in [0.3, 0.4) is 0 Å². The number of rotatable bonds is 3. The monoisotopic (exact) mass is 291 g/mol. The van der Waals surface area contributed by atoms with E-state index in [-0.39, 0.29) is 23.9 Å². The summed E-state index contributed by atoms with van der Waals surface area (Å²) in [4.78, 5) is 27.2. The number of amides is 2. The number of nitrogens with one attached hydrogen (secondary N) is 1. The number of hydrogen-bond acceptors (Lipinski definition) is 4. The molecule has 114 valence electrons. The fourth-order valence-electron chi connectivity index (χ4n) is 3.20. The van der Waals surface area contributed by atoms with Crippen molar-refractivity contribution in [1.29, 1.82) is 0 Å². The minimum absolute atomic E-state index is 0.0328. The van der Waals surface area contributed by atoms with Crippen LogP contribution in [-0.4, -0.2) is 64.1 Å². The molecule has 0 radical (unpaired) electrons. The summed E-state index contributed by atoms with van der Waals surface area (Å²) in [7, 11) is 1.86. The van der Waals surface area contributed by atoms with Crippen LogP contribution in [0, 0.1) is 0 Å². The lowest BCUT2D eigenvalue weighted by atomic mass is 10.2. The molecule has 3 heterocycles. The number of likely N-dealkylation sites (tertiary alicyclic amines) is 2. The molecule has 0 unspecified atom stereocenters. The van der Waals surface area contributed by atoms with Crippen LogP contribution >= 0.6 is 0 Å².